The van der Waals surface area contributed by atoms with E-state index in [4.69, 9.17) is 5.11 Å². The molecular formula is C14H21N3O3. The molecule has 6 heteroatoms. The maximum absolute atomic E-state index is 12.2. The highest BCUT2D eigenvalue weighted by Crippen LogP contribution is 2.05. The number of likely N-dealkylation sites (N-methyl/N-ethyl adjacent to an activating group) is 1. The van der Waals surface area contributed by atoms with Crippen LogP contribution in [-0.2, 0) is 11.2 Å². The summed E-state index contributed by atoms with van der Waals surface area (Å²) in [7, 11) is 1.68. The third-order valence-electron chi connectivity index (χ3n) is 2.99. The van der Waals surface area contributed by atoms with Crippen LogP contribution in [0.4, 0.5) is 4.79 Å². The third kappa shape index (κ3) is 4.87. The van der Waals surface area contributed by atoms with Crippen LogP contribution in [0.3, 0.4) is 0 Å². The van der Waals surface area contributed by atoms with E-state index < -0.39 is 5.97 Å². The maximum atomic E-state index is 12.2. The zero-order valence-corrected chi connectivity index (χ0v) is 12.1. The molecule has 0 saturated carbocycles. The number of aliphatic carboxylic acids is 1. The van der Waals surface area contributed by atoms with E-state index in [0.717, 1.165) is 5.56 Å². The zero-order valence-electron chi connectivity index (χ0n) is 12.1. The Labute approximate surface area is 119 Å². The van der Waals surface area contributed by atoms with Gasteiger partial charge in [0.2, 0.25) is 0 Å². The minimum Gasteiger partial charge on any atom is -0.480 e. The predicted molar refractivity (Wildman–Crippen MR) is 75.4 cm³/mol. The van der Waals surface area contributed by atoms with Gasteiger partial charge in [0.15, 0.2) is 0 Å². The van der Waals surface area contributed by atoms with Crippen molar-refractivity contribution in [2.75, 3.05) is 20.1 Å². The molecule has 0 aliphatic rings. The second-order valence-electron chi connectivity index (χ2n) is 4.92. The molecule has 1 aromatic heterocycles. The van der Waals surface area contributed by atoms with E-state index in [-0.39, 0.29) is 18.6 Å². The lowest BCUT2D eigenvalue weighted by atomic mass is 10.2. The lowest BCUT2D eigenvalue weighted by molar-refractivity contribution is -0.138. The number of carbonyl (C=O) groups excluding carboxylic acids is 1. The van der Waals surface area contributed by atoms with Crippen LogP contribution in [0.1, 0.15) is 19.4 Å². The normalized spacial score (nSPS) is 10.4. The standard InChI is InChI=1S/C14H21N3O3/c1-11(2)17(10-13(18)19)14(20)16(3)9-6-12-4-7-15-8-5-12/h4-5,7-8,11H,6,9-10H2,1-3H3,(H,18,19). The largest absolute Gasteiger partial charge is 0.480 e. The summed E-state index contributed by atoms with van der Waals surface area (Å²) in [6.45, 7) is 3.86. The second-order valence-corrected chi connectivity index (χ2v) is 4.92. The van der Waals surface area contributed by atoms with Gasteiger partial charge in [-0.25, -0.2) is 4.79 Å². The molecule has 0 aliphatic heterocycles. The molecule has 2 amide bonds. The van der Waals surface area contributed by atoms with Crippen LogP contribution in [-0.4, -0.2) is 58.1 Å². The lowest BCUT2D eigenvalue weighted by Crippen LogP contribution is -2.47. The van der Waals surface area contributed by atoms with Gasteiger partial charge in [0.05, 0.1) is 0 Å². The molecule has 0 fully saturated rings. The number of amides is 2. The SMILES string of the molecule is CC(C)N(CC(=O)O)C(=O)N(C)CCc1ccncc1. The second kappa shape index (κ2) is 7.47. The molecule has 0 aromatic carbocycles. The Hall–Kier alpha value is -2.11. The van der Waals surface area contributed by atoms with E-state index in [0.29, 0.717) is 13.0 Å². The quantitative estimate of drug-likeness (QED) is 0.855. The van der Waals surface area contributed by atoms with Gasteiger partial charge in [0.25, 0.3) is 0 Å². The summed E-state index contributed by atoms with van der Waals surface area (Å²) >= 11 is 0. The number of hydrogen-bond acceptors (Lipinski definition) is 3. The molecule has 6 nitrogen and oxygen atoms in total. The molecule has 1 N–H and O–H groups in total. The maximum Gasteiger partial charge on any atom is 0.323 e. The Kier molecular flexibility index (Phi) is 5.96. The summed E-state index contributed by atoms with van der Waals surface area (Å²) in [5.41, 5.74) is 1.09. The Morgan fingerprint density at radius 3 is 2.40 bits per heavy atom. The van der Waals surface area contributed by atoms with Gasteiger partial charge in [-0.3, -0.25) is 9.78 Å². The number of hydrogen-bond donors (Lipinski definition) is 1. The van der Waals surface area contributed by atoms with Gasteiger partial charge in [-0.15, -0.1) is 0 Å². The van der Waals surface area contributed by atoms with Crippen molar-refractivity contribution in [3.8, 4) is 0 Å². The molecule has 0 spiro atoms. The smallest absolute Gasteiger partial charge is 0.323 e. The molecular weight excluding hydrogens is 258 g/mol. The number of carbonyl (C=O) groups is 2. The lowest BCUT2D eigenvalue weighted by Gasteiger charge is -2.30. The molecule has 1 heterocycles. The summed E-state index contributed by atoms with van der Waals surface area (Å²) in [5, 5.41) is 8.85. The van der Waals surface area contributed by atoms with Gasteiger partial charge >= 0.3 is 12.0 Å². The van der Waals surface area contributed by atoms with Crippen LogP contribution in [0.15, 0.2) is 24.5 Å². The van der Waals surface area contributed by atoms with Gasteiger partial charge in [0.1, 0.15) is 6.54 Å². The molecule has 0 bridgehead atoms. The zero-order chi connectivity index (χ0) is 15.1. The van der Waals surface area contributed by atoms with E-state index in [1.807, 2.05) is 12.1 Å². The van der Waals surface area contributed by atoms with Crippen molar-refractivity contribution in [2.24, 2.45) is 0 Å². The van der Waals surface area contributed by atoms with Gasteiger partial charge in [0, 0.05) is 32.0 Å². The number of pyridine rings is 1. The Morgan fingerprint density at radius 1 is 1.30 bits per heavy atom. The first-order valence-corrected chi connectivity index (χ1v) is 6.54. The van der Waals surface area contributed by atoms with Crippen LogP contribution in [0, 0.1) is 0 Å². The highest BCUT2D eigenvalue weighted by atomic mass is 16.4. The number of carboxylic acids is 1. The number of urea groups is 1. The third-order valence-corrected chi connectivity index (χ3v) is 2.99. The minimum absolute atomic E-state index is 0.151. The van der Waals surface area contributed by atoms with Gasteiger partial charge in [-0.2, -0.15) is 0 Å². The van der Waals surface area contributed by atoms with Crippen molar-refractivity contribution >= 4 is 12.0 Å². The average Bonchev–Trinajstić information content (AvgIpc) is 2.42. The first kappa shape index (κ1) is 15.9. The summed E-state index contributed by atoms with van der Waals surface area (Å²) in [6.07, 6.45) is 4.13. The summed E-state index contributed by atoms with van der Waals surface area (Å²) < 4.78 is 0. The van der Waals surface area contributed by atoms with E-state index >= 15 is 0 Å². The molecule has 0 radical (unpaired) electrons. The first-order chi connectivity index (χ1) is 9.41. The topological polar surface area (TPSA) is 73.7 Å². The average molecular weight is 279 g/mol. The molecule has 0 aliphatic carbocycles. The highest BCUT2D eigenvalue weighted by Gasteiger charge is 2.22. The fourth-order valence-corrected chi connectivity index (χ4v) is 1.78. The number of rotatable bonds is 6. The van der Waals surface area contributed by atoms with Crippen molar-refractivity contribution < 1.29 is 14.7 Å². The van der Waals surface area contributed by atoms with Crippen molar-refractivity contribution in [2.45, 2.75) is 26.3 Å². The summed E-state index contributed by atoms with van der Waals surface area (Å²) in [5.74, 6) is -1.01. The molecule has 1 aromatic rings. The van der Waals surface area contributed by atoms with Crippen LogP contribution < -0.4 is 0 Å². The Bertz CT molecular complexity index is 448. The molecule has 1 rings (SSSR count). The minimum atomic E-state index is -1.01. The molecule has 110 valence electrons. The molecule has 0 unspecified atom stereocenters. The number of nitrogens with zero attached hydrogens (tertiary/aromatic N) is 3. The molecule has 20 heavy (non-hydrogen) atoms. The van der Waals surface area contributed by atoms with Crippen LogP contribution in [0.25, 0.3) is 0 Å². The van der Waals surface area contributed by atoms with Gasteiger partial charge in [-0.05, 0) is 38.0 Å². The summed E-state index contributed by atoms with van der Waals surface area (Å²) in [4.78, 5) is 29.8. The van der Waals surface area contributed by atoms with Crippen LogP contribution in [0.5, 0.6) is 0 Å². The fourth-order valence-electron chi connectivity index (χ4n) is 1.78. The summed E-state index contributed by atoms with van der Waals surface area (Å²) in [6, 6.07) is 3.38. The first-order valence-electron chi connectivity index (χ1n) is 6.54. The van der Waals surface area contributed by atoms with Crippen molar-refractivity contribution in [1.82, 2.24) is 14.8 Å². The van der Waals surface area contributed by atoms with E-state index in [1.165, 1.54) is 4.90 Å². The van der Waals surface area contributed by atoms with Crippen molar-refractivity contribution in [3.05, 3.63) is 30.1 Å². The van der Waals surface area contributed by atoms with Crippen molar-refractivity contribution in [1.29, 1.82) is 0 Å². The van der Waals surface area contributed by atoms with E-state index in [9.17, 15) is 9.59 Å². The highest BCUT2D eigenvalue weighted by molar-refractivity contribution is 5.80. The Balaban J connectivity index is 2.58. The Morgan fingerprint density at radius 2 is 1.90 bits per heavy atom. The van der Waals surface area contributed by atoms with Crippen LogP contribution in [0.2, 0.25) is 0 Å². The predicted octanol–water partition coefficient (Wildman–Crippen LogP) is 1.47. The molecule has 0 saturated heterocycles. The van der Waals surface area contributed by atoms with Crippen LogP contribution >= 0.6 is 0 Å². The number of carboxylic acid groups (broad SMARTS) is 1. The fraction of sp³-hybridized carbons (Fsp3) is 0.500. The van der Waals surface area contributed by atoms with Gasteiger partial charge < -0.3 is 14.9 Å². The van der Waals surface area contributed by atoms with Gasteiger partial charge in [-0.1, -0.05) is 0 Å². The molecule has 0 atom stereocenters. The monoisotopic (exact) mass is 279 g/mol. The van der Waals surface area contributed by atoms with E-state index in [1.54, 1.807) is 38.2 Å². The number of aromatic nitrogens is 1. The van der Waals surface area contributed by atoms with Crippen molar-refractivity contribution in [3.63, 3.8) is 0 Å². The van der Waals surface area contributed by atoms with E-state index in [2.05, 4.69) is 4.98 Å².